The van der Waals surface area contributed by atoms with Crippen LogP contribution in [-0.4, -0.2) is 47.4 Å². The van der Waals surface area contributed by atoms with Gasteiger partial charge in [-0.15, -0.1) is 0 Å². The summed E-state index contributed by atoms with van der Waals surface area (Å²) in [5, 5.41) is 19.2. The molecule has 2 unspecified atom stereocenters. The maximum Gasteiger partial charge on any atom is 0.268 e. The Morgan fingerprint density at radius 2 is 2.00 bits per heavy atom. The lowest BCUT2D eigenvalue weighted by molar-refractivity contribution is -0.125. The summed E-state index contributed by atoms with van der Waals surface area (Å²) in [6.45, 7) is 9.72. The number of hydrogen-bond acceptors (Lipinski definition) is 5. The number of nitrogens with one attached hydrogen (secondary N) is 4. The molecule has 4 N–H and O–H groups in total. The van der Waals surface area contributed by atoms with Gasteiger partial charge in [-0.05, 0) is 56.7 Å². The highest BCUT2D eigenvalue weighted by atomic mass is 35.5. The van der Waals surface area contributed by atoms with E-state index in [1.807, 2.05) is 34.6 Å². The Morgan fingerprint density at radius 1 is 1.31 bits per heavy atom. The number of aromatic nitrogens is 1. The second-order valence-corrected chi connectivity index (χ2v) is 11.6. The summed E-state index contributed by atoms with van der Waals surface area (Å²) < 4.78 is 5.36. The predicted octanol–water partition coefficient (Wildman–Crippen LogP) is 3.68. The van der Waals surface area contributed by atoms with E-state index in [2.05, 4.69) is 27.0 Å². The first-order chi connectivity index (χ1) is 16.7. The molecule has 1 saturated heterocycles. The molecule has 3 atom stereocenters. The van der Waals surface area contributed by atoms with Crippen LogP contribution in [0.3, 0.4) is 0 Å². The summed E-state index contributed by atoms with van der Waals surface area (Å²) in [5.41, 5.74) is 0.143. The number of halogens is 1. The Balaban J connectivity index is 1.77. The standard InChI is InChI=1S/C26H34ClN5O4/c1-25(2,3)12-19(24(35)29-15(13-28)9-14-11-26(4,5)32-22(14)33)31-23(34)18-10-16-20(36-6)8-7-17(27)21(16)30-18/h7-8,10,14-15,19,30H,9,11-12H2,1-6H3,(H,29,35)(H,31,34)(H,32,33)/t14-,15?,19?/m1/s1. The molecule has 0 saturated carbocycles. The number of hydrogen-bond donors (Lipinski definition) is 4. The van der Waals surface area contributed by atoms with Gasteiger partial charge in [0.1, 0.15) is 23.5 Å². The van der Waals surface area contributed by atoms with Crippen LogP contribution in [0.25, 0.3) is 10.9 Å². The third-order valence-corrected chi connectivity index (χ3v) is 6.50. The van der Waals surface area contributed by atoms with E-state index in [4.69, 9.17) is 16.3 Å². The number of nitriles is 1. The van der Waals surface area contributed by atoms with Gasteiger partial charge >= 0.3 is 0 Å². The maximum absolute atomic E-state index is 13.2. The van der Waals surface area contributed by atoms with Gasteiger partial charge in [0.2, 0.25) is 11.8 Å². The number of carbonyl (C=O) groups is 3. The van der Waals surface area contributed by atoms with Crippen molar-refractivity contribution in [2.75, 3.05) is 7.11 Å². The van der Waals surface area contributed by atoms with Gasteiger partial charge in [0, 0.05) is 16.8 Å². The number of amides is 3. The Labute approximate surface area is 216 Å². The summed E-state index contributed by atoms with van der Waals surface area (Å²) in [4.78, 5) is 41.7. The number of nitrogens with zero attached hydrogens (tertiary/aromatic N) is 1. The second-order valence-electron chi connectivity index (χ2n) is 11.2. The maximum atomic E-state index is 13.2. The molecule has 0 spiro atoms. The fraction of sp³-hybridized carbons (Fsp3) is 0.538. The molecule has 1 aliphatic rings. The molecule has 0 bridgehead atoms. The number of methoxy groups -OCH3 is 1. The average molecular weight is 516 g/mol. The van der Waals surface area contributed by atoms with Gasteiger partial charge < -0.3 is 25.7 Å². The first-order valence-corrected chi connectivity index (χ1v) is 12.3. The minimum atomic E-state index is -0.897. The van der Waals surface area contributed by atoms with Crippen LogP contribution in [0.2, 0.25) is 5.02 Å². The van der Waals surface area contributed by atoms with E-state index in [0.717, 1.165) is 0 Å². The molecule has 9 nitrogen and oxygen atoms in total. The summed E-state index contributed by atoms with van der Waals surface area (Å²) in [7, 11) is 1.53. The van der Waals surface area contributed by atoms with Crippen molar-refractivity contribution < 1.29 is 19.1 Å². The third-order valence-electron chi connectivity index (χ3n) is 6.19. The van der Waals surface area contributed by atoms with Crippen molar-refractivity contribution in [1.29, 1.82) is 5.26 Å². The van der Waals surface area contributed by atoms with E-state index < -0.39 is 23.9 Å². The van der Waals surface area contributed by atoms with E-state index in [9.17, 15) is 19.6 Å². The van der Waals surface area contributed by atoms with Crippen LogP contribution in [0, 0.1) is 22.7 Å². The summed E-state index contributed by atoms with van der Waals surface area (Å²) in [5.74, 6) is -0.897. The molecule has 1 fully saturated rings. The molecule has 10 heteroatoms. The van der Waals surface area contributed by atoms with E-state index in [1.165, 1.54) is 7.11 Å². The number of H-pyrrole nitrogens is 1. The highest BCUT2D eigenvalue weighted by Gasteiger charge is 2.39. The molecule has 36 heavy (non-hydrogen) atoms. The number of carbonyl (C=O) groups excluding carboxylic acids is 3. The van der Waals surface area contributed by atoms with Crippen molar-refractivity contribution in [3.63, 3.8) is 0 Å². The van der Waals surface area contributed by atoms with Crippen LogP contribution in [0.4, 0.5) is 0 Å². The summed E-state index contributed by atoms with van der Waals surface area (Å²) >= 11 is 6.28. The Hall–Kier alpha value is -3.25. The van der Waals surface area contributed by atoms with Crippen LogP contribution in [0.5, 0.6) is 5.75 Å². The summed E-state index contributed by atoms with van der Waals surface area (Å²) in [6.07, 6.45) is 1.12. The van der Waals surface area contributed by atoms with E-state index >= 15 is 0 Å². The molecule has 3 amide bonds. The first-order valence-electron chi connectivity index (χ1n) is 11.9. The zero-order valence-electron chi connectivity index (χ0n) is 21.5. The SMILES string of the molecule is COc1ccc(Cl)c2[nH]c(C(=O)NC(CC(C)(C)C)C(=O)NC(C#N)C[C@@H]3CC(C)(C)NC3=O)cc12. The minimum absolute atomic E-state index is 0.123. The highest BCUT2D eigenvalue weighted by molar-refractivity contribution is 6.35. The lowest BCUT2D eigenvalue weighted by Gasteiger charge is -2.27. The van der Waals surface area contributed by atoms with Crippen LogP contribution in [-0.2, 0) is 9.59 Å². The van der Waals surface area contributed by atoms with Gasteiger partial charge in [-0.25, -0.2) is 0 Å². The topological polar surface area (TPSA) is 136 Å². The van der Waals surface area contributed by atoms with Crippen molar-refractivity contribution >= 4 is 40.2 Å². The predicted molar refractivity (Wildman–Crippen MR) is 138 cm³/mol. The summed E-state index contributed by atoms with van der Waals surface area (Å²) in [6, 6.07) is 5.34. The molecule has 1 aromatic heterocycles. The smallest absolute Gasteiger partial charge is 0.268 e. The molecule has 194 valence electrons. The van der Waals surface area contributed by atoms with Gasteiger partial charge in [-0.1, -0.05) is 32.4 Å². The molecule has 1 aromatic carbocycles. The molecular formula is C26H34ClN5O4. The Morgan fingerprint density at radius 3 is 2.56 bits per heavy atom. The highest BCUT2D eigenvalue weighted by Crippen LogP contribution is 2.32. The molecule has 0 radical (unpaired) electrons. The van der Waals surface area contributed by atoms with Crippen molar-refractivity contribution in [2.24, 2.45) is 11.3 Å². The number of ether oxygens (including phenoxy) is 1. The minimum Gasteiger partial charge on any atom is -0.496 e. The average Bonchev–Trinajstić information content (AvgIpc) is 3.33. The van der Waals surface area contributed by atoms with Crippen molar-refractivity contribution in [1.82, 2.24) is 20.9 Å². The van der Waals surface area contributed by atoms with E-state index in [0.29, 0.717) is 34.5 Å². The monoisotopic (exact) mass is 515 g/mol. The fourth-order valence-corrected chi connectivity index (χ4v) is 4.82. The lowest BCUT2D eigenvalue weighted by atomic mass is 9.87. The van der Waals surface area contributed by atoms with Crippen molar-refractivity contribution in [3.8, 4) is 11.8 Å². The molecule has 2 aromatic rings. The Kier molecular flexibility index (Phi) is 7.89. The van der Waals surface area contributed by atoms with Gasteiger partial charge in [0.15, 0.2) is 0 Å². The molecule has 3 rings (SSSR count). The lowest BCUT2D eigenvalue weighted by Crippen LogP contribution is -2.51. The van der Waals surface area contributed by atoms with Crippen LogP contribution < -0.4 is 20.7 Å². The number of fused-ring (bicyclic) bond motifs is 1. The van der Waals surface area contributed by atoms with E-state index in [1.54, 1.807) is 18.2 Å². The second kappa shape index (κ2) is 10.4. The van der Waals surface area contributed by atoms with Gasteiger partial charge in [0.05, 0.1) is 23.7 Å². The van der Waals surface area contributed by atoms with E-state index in [-0.39, 0.29) is 34.9 Å². The van der Waals surface area contributed by atoms with Crippen LogP contribution in [0.1, 0.15) is 64.4 Å². The van der Waals surface area contributed by atoms with Crippen molar-refractivity contribution in [2.45, 2.75) is 71.5 Å². The number of rotatable bonds is 8. The molecular weight excluding hydrogens is 482 g/mol. The zero-order valence-corrected chi connectivity index (χ0v) is 22.3. The van der Waals surface area contributed by atoms with Gasteiger partial charge in [-0.3, -0.25) is 14.4 Å². The third kappa shape index (κ3) is 6.49. The number of aromatic amines is 1. The van der Waals surface area contributed by atoms with Crippen molar-refractivity contribution in [3.05, 3.63) is 28.9 Å². The quantitative estimate of drug-likeness (QED) is 0.425. The van der Waals surface area contributed by atoms with Crippen LogP contribution >= 0.6 is 11.6 Å². The largest absolute Gasteiger partial charge is 0.496 e. The molecule has 0 aliphatic carbocycles. The fourth-order valence-electron chi connectivity index (χ4n) is 4.60. The van der Waals surface area contributed by atoms with Gasteiger partial charge in [-0.2, -0.15) is 5.26 Å². The molecule has 2 heterocycles. The van der Waals surface area contributed by atoms with Crippen LogP contribution in [0.15, 0.2) is 18.2 Å². The normalized spacial score (nSPS) is 18.7. The number of benzene rings is 1. The zero-order chi connectivity index (χ0) is 26.8. The molecule has 1 aliphatic heterocycles. The van der Waals surface area contributed by atoms with Gasteiger partial charge in [0.25, 0.3) is 5.91 Å². The Bertz CT molecular complexity index is 1210. The first kappa shape index (κ1) is 27.3.